The first kappa shape index (κ1) is 21.4. The molecule has 34 heavy (non-hydrogen) atoms. The number of carbonyl (C=O) groups is 1. The largest absolute Gasteiger partial charge is 0.348 e. The number of aromatic nitrogens is 5. The fraction of sp³-hybridized carbons (Fsp3) is 0.136. The Morgan fingerprint density at radius 3 is 2.85 bits per heavy atom. The van der Waals surface area contributed by atoms with Gasteiger partial charge in [-0.15, -0.1) is 11.3 Å². The third kappa shape index (κ3) is 4.13. The van der Waals surface area contributed by atoms with E-state index in [0.29, 0.717) is 28.1 Å². The lowest BCUT2D eigenvalue weighted by Crippen LogP contribution is -2.27. The van der Waals surface area contributed by atoms with Gasteiger partial charge in [0.1, 0.15) is 11.7 Å². The number of nitrogens with one attached hydrogen (secondary N) is 1. The summed E-state index contributed by atoms with van der Waals surface area (Å²) in [6.07, 6.45) is 2.82. The zero-order valence-corrected chi connectivity index (χ0v) is 18.4. The lowest BCUT2D eigenvalue weighted by Gasteiger charge is -2.07. The molecule has 0 atom stereocenters. The van der Waals surface area contributed by atoms with E-state index in [1.807, 2.05) is 24.3 Å². The van der Waals surface area contributed by atoms with Gasteiger partial charge in [-0.3, -0.25) is 24.3 Å². The quantitative estimate of drug-likeness (QED) is 0.282. The van der Waals surface area contributed by atoms with Crippen LogP contribution in [0.3, 0.4) is 0 Å². The molecule has 0 saturated heterocycles. The Balaban J connectivity index is 1.28. The molecule has 3 aromatic heterocycles. The van der Waals surface area contributed by atoms with Crippen LogP contribution in [0.15, 0.2) is 65.8 Å². The zero-order valence-electron chi connectivity index (χ0n) is 17.6. The number of nitro groups is 1. The van der Waals surface area contributed by atoms with Crippen molar-refractivity contribution in [3.63, 3.8) is 0 Å². The summed E-state index contributed by atoms with van der Waals surface area (Å²) < 4.78 is 3.87. The smallest absolute Gasteiger partial charge is 0.280 e. The lowest BCUT2D eigenvalue weighted by atomic mass is 10.2. The highest BCUT2D eigenvalue weighted by Crippen LogP contribution is 2.21. The number of nitro benzene ring substituents is 1. The molecule has 170 valence electrons. The highest BCUT2D eigenvalue weighted by molar-refractivity contribution is 7.20. The molecular weight excluding hydrogens is 458 g/mol. The topological polar surface area (TPSA) is 138 Å². The monoisotopic (exact) mass is 475 g/mol. The lowest BCUT2D eigenvalue weighted by molar-refractivity contribution is -0.384. The van der Waals surface area contributed by atoms with Crippen LogP contribution in [0.5, 0.6) is 0 Å². The van der Waals surface area contributed by atoms with Crippen molar-refractivity contribution in [1.29, 1.82) is 0 Å². The average Bonchev–Trinajstić information content (AvgIpc) is 3.46. The van der Waals surface area contributed by atoms with Crippen LogP contribution < -0.4 is 10.9 Å². The van der Waals surface area contributed by atoms with E-state index in [0.717, 1.165) is 10.2 Å². The minimum atomic E-state index is -0.479. The van der Waals surface area contributed by atoms with Crippen molar-refractivity contribution >= 4 is 44.2 Å². The van der Waals surface area contributed by atoms with Gasteiger partial charge in [-0.2, -0.15) is 5.10 Å². The highest BCUT2D eigenvalue weighted by Gasteiger charge is 2.14. The van der Waals surface area contributed by atoms with E-state index < -0.39 is 4.92 Å². The summed E-state index contributed by atoms with van der Waals surface area (Å²) in [4.78, 5) is 44.5. The standard InChI is InChI=1S/C22H17N7O4S/c30-20(21-26-17-6-1-2-7-18(17)34-21)23-8-9-28-19-16(11-25-28)22(31)27(13-24-19)12-14-4-3-5-15(10-14)29(32)33/h1-7,10-11,13H,8-9,12H2,(H,23,30). The first-order chi connectivity index (χ1) is 16.5. The molecule has 1 amide bonds. The minimum Gasteiger partial charge on any atom is -0.348 e. The number of carbonyl (C=O) groups excluding carboxylic acids is 1. The Labute approximate surface area is 195 Å². The molecule has 5 aromatic rings. The van der Waals surface area contributed by atoms with Crippen LogP contribution in [0.4, 0.5) is 5.69 Å². The summed E-state index contributed by atoms with van der Waals surface area (Å²) in [6.45, 7) is 0.748. The van der Waals surface area contributed by atoms with Gasteiger partial charge in [-0.25, -0.2) is 14.6 Å². The van der Waals surface area contributed by atoms with Crippen molar-refractivity contribution in [2.24, 2.45) is 0 Å². The van der Waals surface area contributed by atoms with Crippen LogP contribution in [-0.2, 0) is 13.1 Å². The summed E-state index contributed by atoms with van der Waals surface area (Å²) in [5.74, 6) is -0.273. The molecule has 0 unspecified atom stereocenters. The second-order valence-electron chi connectivity index (χ2n) is 7.45. The van der Waals surface area contributed by atoms with E-state index in [4.69, 9.17) is 0 Å². The number of non-ortho nitro benzene ring substituents is 1. The second-order valence-corrected chi connectivity index (χ2v) is 8.48. The SMILES string of the molecule is O=C(NCCn1ncc2c(=O)n(Cc3cccc([N+](=O)[O-])c3)cnc21)c1nc2ccccc2s1. The first-order valence-corrected chi connectivity index (χ1v) is 11.1. The molecule has 0 aliphatic carbocycles. The summed E-state index contributed by atoms with van der Waals surface area (Å²) in [7, 11) is 0. The van der Waals surface area contributed by atoms with Gasteiger partial charge in [0.2, 0.25) is 0 Å². The van der Waals surface area contributed by atoms with Gasteiger partial charge in [0.15, 0.2) is 10.7 Å². The molecule has 0 aliphatic heterocycles. The molecule has 0 aliphatic rings. The Bertz CT molecular complexity index is 1570. The summed E-state index contributed by atoms with van der Waals surface area (Å²) in [6, 6.07) is 13.6. The number of hydrogen-bond acceptors (Lipinski definition) is 8. The predicted molar refractivity (Wildman–Crippen MR) is 126 cm³/mol. The fourth-order valence-electron chi connectivity index (χ4n) is 3.56. The van der Waals surface area contributed by atoms with Crippen LogP contribution in [0.25, 0.3) is 21.3 Å². The number of hydrogen-bond donors (Lipinski definition) is 1. The van der Waals surface area contributed by atoms with E-state index >= 15 is 0 Å². The van der Waals surface area contributed by atoms with Gasteiger partial charge >= 0.3 is 0 Å². The number of amides is 1. The van der Waals surface area contributed by atoms with Crippen LogP contribution >= 0.6 is 11.3 Å². The molecule has 0 spiro atoms. The van der Waals surface area contributed by atoms with Crippen LogP contribution in [0.1, 0.15) is 15.4 Å². The van der Waals surface area contributed by atoms with Crippen molar-refractivity contribution in [2.45, 2.75) is 13.1 Å². The zero-order chi connectivity index (χ0) is 23.7. The number of nitrogens with zero attached hydrogens (tertiary/aromatic N) is 6. The van der Waals surface area contributed by atoms with Gasteiger partial charge in [0.25, 0.3) is 17.2 Å². The summed E-state index contributed by atoms with van der Waals surface area (Å²) in [5, 5.41) is 18.7. The maximum absolute atomic E-state index is 12.9. The molecule has 0 fully saturated rings. The molecule has 11 nitrogen and oxygen atoms in total. The molecular formula is C22H17N7O4S. The van der Waals surface area contributed by atoms with Crippen LogP contribution in [0.2, 0.25) is 0 Å². The maximum Gasteiger partial charge on any atom is 0.280 e. The highest BCUT2D eigenvalue weighted by atomic mass is 32.1. The van der Waals surface area contributed by atoms with Gasteiger partial charge in [-0.1, -0.05) is 24.3 Å². The number of benzene rings is 2. The summed E-state index contributed by atoms with van der Waals surface area (Å²) in [5.41, 5.74) is 1.44. The average molecular weight is 475 g/mol. The molecule has 0 bridgehead atoms. The number of para-hydroxylation sites is 1. The predicted octanol–water partition coefficient (Wildman–Crippen LogP) is 2.59. The van der Waals surface area contributed by atoms with Gasteiger partial charge in [-0.05, 0) is 17.7 Å². The van der Waals surface area contributed by atoms with E-state index in [1.54, 1.807) is 16.8 Å². The molecule has 3 heterocycles. The maximum atomic E-state index is 12.9. The van der Waals surface area contributed by atoms with Crippen molar-refractivity contribution in [3.8, 4) is 0 Å². The molecule has 12 heteroatoms. The van der Waals surface area contributed by atoms with Crippen molar-refractivity contribution < 1.29 is 9.72 Å². The van der Waals surface area contributed by atoms with Crippen molar-refractivity contribution in [2.75, 3.05) is 6.54 Å². The third-order valence-corrected chi connectivity index (χ3v) is 6.23. The number of thiazole rings is 1. The van der Waals surface area contributed by atoms with Gasteiger partial charge < -0.3 is 5.32 Å². The van der Waals surface area contributed by atoms with Crippen molar-refractivity contribution in [1.82, 2.24) is 29.6 Å². The number of rotatable bonds is 7. The fourth-order valence-corrected chi connectivity index (χ4v) is 4.44. The normalized spacial score (nSPS) is 11.2. The van der Waals surface area contributed by atoms with E-state index in [1.165, 1.54) is 40.6 Å². The Morgan fingerprint density at radius 1 is 1.18 bits per heavy atom. The van der Waals surface area contributed by atoms with E-state index in [-0.39, 0.29) is 30.2 Å². The minimum absolute atomic E-state index is 0.0414. The molecule has 0 saturated carbocycles. The van der Waals surface area contributed by atoms with E-state index in [2.05, 4.69) is 20.4 Å². The Kier molecular flexibility index (Phi) is 5.55. The van der Waals surface area contributed by atoms with Gasteiger partial charge in [0.05, 0.1) is 34.4 Å². The molecule has 1 N–H and O–H groups in total. The van der Waals surface area contributed by atoms with Crippen LogP contribution in [-0.4, -0.2) is 41.7 Å². The van der Waals surface area contributed by atoms with Crippen molar-refractivity contribution in [3.05, 3.63) is 92.1 Å². The second kappa shape index (κ2) is 8.83. The number of fused-ring (bicyclic) bond motifs is 2. The third-order valence-electron chi connectivity index (χ3n) is 5.19. The molecule has 5 rings (SSSR count). The summed E-state index contributed by atoms with van der Waals surface area (Å²) >= 11 is 1.32. The Morgan fingerprint density at radius 2 is 2.03 bits per heavy atom. The van der Waals surface area contributed by atoms with E-state index in [9.17, 15) is 19.7 Å². The Hall–Kier alpha value is -4.45. The first-order valence-electron chi connectivity index (χ1n) is 10.3. The molecule has 2 aromatic carbocycles. The van der Waals surface area contributed by atoms with Gasteiger partial charge in [0, 0.05) is 18.7 Å². The van der Waals surface area contributed by atoms with Crippen LogP contribution in [0, 0.1) is 10.1 Å². The molecule has 0 radical (unpaired) electrons.